The molecule has 2 aliphatic heterocycles. The molecule has 0 saturated carbocycles. The van der Waals surface area contributed by atoms with Crippen molar-refractivity contribution in [3.05, 3.63) is 59.0 Å². The summed E-state index contributed by atoms with van der Waals surface area (Å²) < 4.78 is 19.3. The fourth-order valence-electron chi connectivity index (χ4n) is 4.63. The molecule has 3 aromatic rings. The van der Waals surface area contributed by atoms with Gasteiger partial charge in [0.2, 0.25) is 0 Å². The van der Waals surface area contributed by atoms with Crippen molar-refractivity contribution in [1.29, 1.82) is 0 Å². The van der Waals surface area contributed by atoms with Gasteiger partial charge in [-0.2, -0.15) is 0 Å². The topological polar surface area (TPSA) is 89.0 Å². The summed E-state index contributed by atoms with van der Waals surface area (Å²) in [6.45, 7) is 2.05. The molecule has 2 unspecified atom stereocenters. The van der Waals surface area contributed by atoms with E-state index in [1.165, 1.54) is 7.11 Å². The molecular formula is C23H27N3O5. The number of aromatic amines is 1. The molecule has 164 valence electrons. The molecule has 5 rings (SSSR count). The van der Waals surface area contributed by atoms with Gasteiger partial charge in [0.05, 0.1) is 11.0 Å². The number of aliphatic hydroxyl groups is 1. The zero-order valence-corrected chi connectivity index (χ0v) is 17.5. The van der Waals surface area contributed by atoms with Crippen molar-refractivity contribution in [3.63, 3.8) is 0 Å². The maximum Gasteiger partial charge on any atom is 0.326 e. The summed E-state index contributed by atoms with van der Waals surface area (Å²) in [5.74, 6) is -0.0432. The fourth-order valence-corrected chi connectivity index (χ4v) is 4.63. The lowest BCUT2D eigenvalue weighted by atomic mass is 10.0. The van der Waals surface area contributed by atoms with Gasteiger partial charge in [-0.15, -0.1) is 0 Å². The van der Waals surface area contributed by atoms with Crippen molar-refractivity contribution < 1.29 is 19.3 Å². The van der Waals surface area contributed by atoms with E-state index in [4.69, 9.17) is 14.2 Å². The molecule has 0 radical (unpaired) electrons. The quantitative estimate of drug-likeness (QED) is 0.651. The van der Waals surface area contributed by atoms with E-state index in [1.54, 1.807) is 6.07 Å². The minimum atomic E-state index is -1.25. The summed E-state index contributed by atoms with van der Waals surface area (Å²) in [6, 6.07) is 15.3. The average Bonchev–Trinajstić information content (AvgIpc) is 3.15. The van der Waals surface area contributed by atoms with Crippen LogP contribution in [0.4, 0.5) is 0 Å². The van der Waals surface area contributed by atoms with Gasteiger partial charge in [0.1, 0.15) is 6.10 Å². The number of hydrogen-bond acceptors (Lipinski definition) is 6. The van der Waals surface area contributed by atoms with E-state index in [2.05, 4.69) is 9.88 Å². The predicted octanol–water partition coefficient (Wildman–Crippen LogP) is 2.14. The summed E-state index contributed by atoms with van der Waals surface area (Å²) in [5, 5.41) is 11.0. The third-order valence-corrected chi connectivity index (χ3v) is 6.39. The van der Waals surface area contributed by atoms with Crippen LogP contribution in [0.2, 0.25) is 0 Å². The number of para-hydroxylation sites is 4. The first-order chi connectivity index (χ1) is 15.1. The van der Waals surface area contributed by atoms with E-state index >= 15 is 0 Å². The molecule has 0 amide bonds. The first kappa shape index (κ1) is 20.1. The Morgan fingerprint density at radius 2 is 1.87 bits per heavy atom. The number of likely N-dealkylation sites (tertiary alicyclic amines) is 1. The van der Waals surface area contributed by atoms with Gasteiger partial charge >= 0.3 is 5.69 Å². The lowest BCUT2D eigenvalue weighted by Gasteiger charge is -2.42. The normalized spacial score (nSPS) is 23.2. The first-order valence-electron chi connectivity index (χ1n) is 10.7. The van der Waals surface area contributed by atoms with Gasteiger partial charge in [-0.25, -0.2) is 4.79 Å². The SMILES string of the molecule is COC1(C(O)CN2CCC(n3c(=O)[nH]c4ccccc43)CC2)COc2ccccc2O1. The summed E-state index contributed by atoms with van der Waals surface area (Å²) in [6.07, 6.45) is 0.766. The minimum Gasteiger partial charge on any atom is -0.483 e. The number of hydrogen-bond donors (Lipinski definition) is 2. The van der Waals surface area contributed by atoms with Crippen LogP contribution in [0.15, 0.2) is 53.3 Å². The average molecular weight is 425 g/mol. The van der Waals surface area contributed by atoms with E-state index in [1.807, 2.05) is 47.0 Å². The summed E-state index contributed by atoms with van der Waals surface area (Å²) in [4.78, 5) is 17.6. The largest absolute Gasteiger partial charge is 0.483 e. The van der Waals surface area contributed by atoms with Gasteiger partial charge in [0, 0.05) is 32.8 Å². The Labute approximate surface area is 180 Å². The Hall–Kier alpha value is -2.81. The molecule has 0 aliphatic carbocycles. The maximum absolute atomic E-state index is 12.5. The molecule has 8 heteroatoms. The molecule has 31 heavy (non-hydrogen) atoms. The number of piperidine rings is 1. The minimum absolute atomic E-state index is 0.0653. The fraction of sp³-hybridized carbons (Fsp3) is 0.435. The number of H-pyrrole nitrogens is 1. The highest BCUT2D eigenvalue weighted by molar-refractivity contribution is 5.75. The zero-order valence-electron chi connectivity index (χ0n) is 17.5. The highest BCUT2D eigenvalue weighted by Gasteiger charge is 2.46. The van der Waals surface area contributed by atoms with Gasteiger partial charge in [0.15, 0.2) is 18.1 Å². The van der Waals surface area contributed by atoms with Crippen LogP contribution in [0.25, 0.3) is 11.0 Å². The smallest absolute Gasteiger partial charge is 0.326 e. The van der Waals surface area contributed by atoms with Crippen molar-refractivity contribution in [3.8, 4) is 11.5 Å². The number of nitrogens with one attached hydrogen (secondary N) is 1. The monoisotopic (exact) mass is 425 g/mol. The second-order valence-corrected chi connectivity index (χ2v) is 8.22. The van der Waals surface area contributed by atoms with Gasteiger partial charge in [-0.05, 0) is 37.1 Å². The Morgan fingerprint density at radius 1 is 1.16 bits per heavy atom. The van der Waals surface area contributed by atoms with Crippen LogP contribution in [-0.4, -0.2) is 64.8 Å². The number of methoxy groups -OCH3 is 1. The summed E-state index contributed by atoms with van der Waals surface area (Å²) >= 11 is 0. The molecule has 2 atom stereocenters. The van der Waals surface area contributed by atoms with Crippen LogP contribution in [0.1, 0.15) is 18.9 Å². The highest BCUT2D eigenvalue weighted by Crippen LogP contribution is 2.37. The molecule has 0 spiro atoms. The zero-order chi connectivity index (χ0) is 21.4. The van der Waals surface area contributed by atoms with Crippen LogP contribution < -0.4 is 15.2 Å². The number of ether oxygens (including phenoxy) is 3. The van der Waals surface area contributed by atoms with Crippen molar-refractivity contribution in [2.45, 2.75) is 30.8 Å². The van der Waals surface area contributed by atoms with Crippen LogP contribution in [0.3, 0.4) is 0 Å². The molecule has 2 aliphatic rings. The van der Waals surface area contributed by atoms with Crippen molar-refractivity contribution >= 4 is 11.0 Å². The number of benzene rings is 2. The third-order valence-electron chi connectivity index (χ3n) is 6.39. The summed E-state index contributed by atoms with van der Waals surface area (Å²) in [5.41, 5.74) is 1.74. The number of rotatable bonds is 5. The number of nitrogens with zero attached hydrogens (tertiary/aromatic N) is 2. The second-order valence-electron chi connectivity index (χ2n) is 8.22. The van der Waals surface area contributed by atoms with E-state index in [-0.39, 0.29) is 18.3 Å². The van der Waals surface area contributed by atoms with Crippen molar-refractivity contribution in [2.75, 3.05) is 33.4 Å². The Balaban J connectivity index is 1.25. The van der Waals surface area contributed by atoms with Crippen molar-refractivity contribution in [1.82, 2.24) is 14.5 Å². The van der Waals surface area contributed by atoms with E-state index in [9.17, 15) is 9.90 Å². The molecule has 3 heterocycles. The summed E-state index contributed by atoms with van der Waals surface area (Å²) in [7, 11) is 1.52. The van der Waals surface area contributed by atoms with Gasteiger partial charge in [0.25, 0.3) is 5.79 Å². The first-order valence-corrected chi connectivity index (χ1v) is 10.7. The van der Waals surface area contributed by atoms with E-state index in [0.29, 0.717) is 18.0 Å². The molecule has 1 saturated heterocycles. The maximum atomic E-state index is 12.5. The molecule has 0 bridgehead atoms. The van der Waals surface area contributed by atoms with Crippen LogP contribution >= 0.6 is 0 Å². The van der Waals surface area contributed by atoms with Crippen LogP contribution in [0, 0.1) is 0 Å². The molecule has 1 fully saturated rings. The number of aromatic nitrogens is 2. The number of imidazole rings is 1. The number of fused-ring (bicyclic) bond motifs is 2. The number of aliphatic hydroxyl groups excluding tert-OH is 1. The van der Waals surface area contributed by atoms with Crippen LogP contribution in [0.5, 0.6) is 11.5 Å². The molecule has 1 aromatic heterocycles. The predicted molar refractivity (Wildman–Crippen MR) is 116 cm³/mol. The third kappa shape index (κ3) is 3.60. The second kappa shape index (κ2) is 8.03. The lowest BCUT2D eigenvalue weighted by molar-refractivity contribution is -0.251. The standard InChI is InChI=1S/C23H27N3O5/c1-29-23(15-30-19-8-4-5-9-20(19)31-23)21(27)14-25-12-10-16(11-13-25)26-18-7-3-2-6-17(18)24-22(26)28/h2-9,16,21,27H,10-15H2,1H3,(H,24,28). The lowest BCUT2D eigenvalue weighted by Crippen LogP contribution is -2.59. The Kier molecular flexibility index (Phi) is 5.21. The number of β-amino-alcohol motifs (C(OH)–C–C–N with tert-alkyl or cyclic N) is 1. The highest BCUT2D eigenvalue weighted by atomic mass is 16.7. The van der Waals surface area contributed by atoms with E-state index in [0.717, 1.165) is 37.0 Å². The van der Waals surface area contributed by atoms with E-state index < -0.39 is 11.9 Å². The van der Waals surface area contributed by atoms with Crippen LogP contribution in [-0.2, 0) is 4.74 Å². The van der Waals surface area contributed by atoms with Gasteiger partial charge in [-0.1, -0.05) is 24.3 Å². The Morgan fingerprint density at radius 3 is 2.65 bits per heavy atom. The molecular weight excluding hydrogens is 398 g/mol. The molecule has 8 nitrogen and oxygen atoms in total. The van der Waals surface area contributed by atoms with Gasteiger partial charge in [-0.3, -0.25) is 4.57 Å². The molecule has 2 aromatic carbocycles. The Bertz CT molecular complexity index is 1120. The van der Waals surface area contributed by atoms with Gasteiger partial charge < -0.3 is 29.2 Å². The molecule has 2 N–H and O–H groups in total. The van der Waals surface area contributed by atoms with Crippen molar-refractivity contribution in [2.24, 2.45) is 0 Å².